The van der Waals surface area contributed by atoms with Gasteiger partial charge in [-0.05, 0) is 38.4 Å². The lowest BCUT2D eigenvalue weighted by Gasteiger charge is -2.35. The van der Waals surface area contributed by atoms with Crippen LogP contribution in [0.25, 0.3) is 0 Å². The Hall–Kier alpha value is -1.06. The summed E-state index contributed by atoms with van der Waals surface area (Å²) < 4.78 is 5.56. The third-order valence-corrected chi connectivity index (χ3v) is 4.37. The second-order valence-corrected chi connectivity index (χ2v) is 5.71. The van der Waals surface area contributed by atoms with Gasteiger partial charge < -0.3 is 10.5 Å². The molecule has 112 valence electrons. The third kappa shape index (κ3) is 3.53. The fraction of sp³-hybridized carbons (Fsp3) is 0.647. The molecule has 0 amide bonds. The van der Waals surface area contributed by atoms with E-state index < -0.39 is 0 Å². The molecule has 0 saturated carbocycles. The molecular formula is C17H28N2O. The molecule has 0 aromatic heterocycles. The van der Waals surface area contributed by atoms with Crippen LogP contribution in [0.4, 0.5) is 0 Å². The van der Waals surface area contributed by atoms with Crippen molar-refractivity contribution in [1.82, 2.24) is 4.90 Å². The van der Waals surface area contributed by atoms with Crippen LogP contribution < -0.4 is 10.5 Å². The van der Waals surface area contributed by atoms with Gasteiger partial charge >= 0.3 is 0 Å². The van der Waals surface area contributed by atoms with Gasteiger partial charge in [0.2, 0.25) is 0 Å². The molecule has 20 heavy (non-hydrogen) atoms. The van der Waals surface area contributed by atoms with E-state index in [1.54, 1.807) is 7.11 Å². The highest BCUT2D eigenvalue weighted by molar-refractivity contribution is 5.36. The molecule has 1 aliphatic heterocycles. The first-order valence-electron chi connectivity index (χ1n) is 7.90. The van der Waals surface area contributed by atoms with E-state index in [9.17, 15) is 0 Å². The molecule has 1 aromatic rings. The van der Waals surface area contributed by atoms with Crippen LogP contribution in [0.1, 0.15) is 50.6 Å². The molecule has 2 rings (SSSR count). The molecule has 0 spiro atoms. The molecule has 1 fully saturated rings. The van der Waals surface area contributed by atoms with Crippen molar-refractivity contribution in [3.8, 4) is 5.75 Å². The molecule has 2 unspecified atom stereocenters. The Bertz CT molecular complexity index is 400. The molecule has 0 aliphatic carbocycles. The second kappa shape index (κ2) is 7.65. The van der Waals surface area contributed by atoms with E-state index in [0.29, 0.717) is 0 Å². The number of nitrogens with two attached hydrogens (primary N) is 1. The molecule has 2 N–H and O–H groups in total. The quantitative estimate of drug-likeness (QED) is 0.896. The topological polar surface area (TPSA) is 38.5 Å². The minimum Gasteiger partial charge on any atom is -0.496 e. The van der Waals surface area contributed by atoms with Crippen molar-refractivity contribution < 1.29 is 4.74 Å². The standard InChI is InChI=1S/C17H28N2O/c1-3-15(18)17(19-12-8-4-5-9-13-19)14-10-6-7-11-16(14)20-2/h6-7,10-11,15,17H,3-5,8-9,12-13,18H2,1-2H3. The summed E-state index contributed by atoms with van der Waals surface area (Å²) >= 11 is 0. The van der Waals surface area contributed by atoms with Gasteiger partial charge in [-0.25, -0.2) is 0 Å². The molecule has 2 atom stereocenters. The monoisotopic (exact) mass is 276 g/mol. The third-order valence-electron chi connectivity index (χ3n) is 4.37. The summed E-state index contributed by atoms with van der Waals surface area (Å²) in [5, 5.41) is 0. The van der Waals surface area contributed by atoms with Crippen molar-refractivity contribution in [2.24, 2.45) is 5.73 Å². The van der Waals surface area contributed by atoms with E-state index in [1.807, 2.05) is 12.1 Å². The number of benzene rings is 1. The van der Waals surface area contributed by atoms with Crippen molar-refractivity contribution in [2.45, 2.75) is 51.1 Å². The molecule has 1 aliphatic rings. The molecule has 0 radical (unpaired) electrons. The molecule has 1 saturated heterocycles. The molecule has 3 nitrogen and oxygen atoms in total. The highest BCUT2D eigenvalue weighted by atomic mass is 16.5. The maximum atomic E-state index is 6.46. The maximum Gasteiger partial charge on any atom is 0.123 e. The number of hydrogen-bond acceptors (Lipinski definition) is 3. The van der Waals surface area contributed by atoms with Gasteiger partial charge in [0.25, 0.3) is 0 Å². The number of ether oxygens (including phenoxy) is 1. The zero-order valence-corrected chi connectivity index (χ0v) is 12.8. The molecule has 3 heteroatoms. The van der Waals surface area contributed by atoms with Gasteiger partial charge in [-0.15, -0.1) is 0 Å². The van der Waals surface area contributed by atoms with Gasteiger partial charge in [-0.1, -0.05) is 38.0 Å². The van der Waals surface area contributed by atoms with Gasteiger partial charge in [0.1, 0.15) is 5.75 Å². The van der Waals surface area contributed by atoms with Crippen molar-refractivity contribution in [3.63, 3.8) is 0 Å². The summed E-state index contributed by atoms with van der Waals surface area (Å²) in [5.74, 6) is 0.964. The first-order chi connectivity index (χ1) is 9.77. The minimum atomic E-state index is 0.157. The van der Waals surface area contributed by atoms with E-state index in [4.69, 9.17) is 10.5 Å². The Balaban J connectivity index is 2.30. The zero-order valence-electron chi connectivity index (χ0n) is 12.8. The lowest BCUT2D eigenvalue weighted by atomic mass is 9.95. The van der Waals surface area contributed by atoms with E-state index in [2.05, 4.69) is 24.0 Å². The Kier molecular flexibility index (Phi) is 5.86. The van der Waals surface area contributed by atoms with E-state index >= 15 is 0 Å². The number of methoxy groups -OCH3 is 1. The smallest absolute Gasteiger partial charge is 0.123 e. The summed E-state index contributed by atoms with van der Waals surface area (Å²) in [4.78, 5) is 2.57. The number of likely N-dealkylation sites (tertiary alicyclic amines) is 1. The molecule has 0 bridgehead atoms. The summed E-state index contributed by atoms with van der Waals surface area (Å²) in [7, 11) is 1.75. The van der Waals surface area contributed by atoms with Crippen LogP contribution in [0, 0.1) is 0 Å². The SMILES string of the molecule is CCC(N)C(c1ccccc1OC)N1CCCCCC1. The Morgan fingerprint density at radius 2 is 1.80 bits per heavy atom. The van der Waals surface area contributed by atoms with Crippen LogP contribution >= 0.6 is 0 Å². The number of para-hydroxylation sites is 1. The first kappa shape index (κ1) is 15.3. The van der Waals surface area contributed by atoms with Gasteiger partial charge in [-0.2, -0.15) is 0 Å². The fourth-order valence-electron chi connectivity index (χ4n) is 3.21. The van der Waals surface area contributed by atoms with Crippen LogP contribution in [0.2, 0.25) is 0 Å². The highest BCUT2D eigenvalue weighted by Gasteiger charge is 2.28. The minimum absolute atomic E-state index is 0.157. The molecule has 1 heterocycles. The summed E-state index contributed by atoms with van der Waals surface area (Å²) in [6.45, 7) is 4.47. The highest BCUT2D eigenvalue weighted by Crippen LogP contribution is 2.33. The van der Waals surface area contributed by atoms with Crippen molar-refractivity contribution in [2.75, 3.05) is 20.2 Å². The van der Waals surface area contributed by atoms with E-state index in [1.165, 1.54) is 31.2 Å². The number of nitrogens with zero attached hydrogens (tertiary/aromatic N) is 1. The van der Waals surface area contributed by atoms with E-state index in [0.717, 1.165) is 25.3 Å². The molecular weight excluding hydrogens is 248 g/mol. The van der Waals surface area contributed by atoms with Crippen molar-refractivity contribution in [1.29, 1.82) is 0 Å². The summed E-state index contributed by atoms with van der Waals surface area (Å²) in [5.41, 5.74) is 7.70. The lowest BCUT2D eigenvalue weighted by molar-refractivity contribution is 0.172. The number of rotatable bonds is 5. The van der Waals surface area contributed by atoms with Crippen molar-refractivity contribution >= 4 is 0 Å². The average molecular weight is 276 g/mol. The zero-order chi connectivity index (χ0) is 14.4. The normalized spacial score (nSPS) is 20.1. The average Bonchev–Trinajstić information content (AvgIpc) is 2.77. The van der Waals surface area contributed by atoms with Gasteiger partial charge in [-0.3, -0.25) is 4.90 Å². The predicted molar refractivity (Wildman–Crippen MR) is 84.0 cm³/mol. The Morgan fingerprint density at radius 1 is 1.15 bits per heavy atom. The number of hydrogen-bond donors (Lipinski definition) is 1. The van der Waals surface area contributed by atoms with Crippen LogP contribution in [-0.2, 0) is 0 Å². The van der Waals surface area contributed by atoms with Crippen LogP contribution in [0.3, 0.4) is 0 Å². The van der Waals surface area contributed by atoms with Crippen LogP contribution in [0.5, 0.6) is 5.75 Å². The lowest BCUT2D eigenvalue weighted by Crippen LogP contribution is -2.41. The fourth-order valence-corrected chi connectivity index (χ4v) is 3.21. The Morgan fingerprint density at radius 3 is 2.40 bits per heavy atom. The first-order valence-corrected chi connectivity index (χ1v) is 7.90. The van der Waals surface area contributed by atoms with Gasteiger partial charge in [0.05, 0.1) is 13.2 Å². The predicted octanol–water partition coefficient (Wildman–Crippen LogP) is 3.35. The maximum absolute atomic E-state index is 6.46. The summed E-state index contributed by atoms with van der Waals surface area (Å²) in [6, 6.07) is 8.76. The van der Waals surface area contributed by atoms with Gasteiger partial charge in [0.15, 0.2) is 0 Å². The molecule has 1 aromatic carbocycles. The Labute approximate surface area is 123 Å². The summed E-state index contributed by atoms with van der Waals surface area (Å²) in [6.07, 6.45) is 6.23. The largest absolute Gasteiger partial charge is 0.496 e. The van der Waals surface area contributed by atoms with Crippen molar-refractivity contribution in [3.05, 3.63) is 29.8 Å². The van der Waals surface area contributed by atoms with Gasteiger partial charge in [0, 0.05) is 11.6 Å². The second-order valence-electron chi connectivity index (χ2n) is 5.71. The van der Waals surface area contributed by atoms with E-state index in [-0.39, 0.29) is 12.1 Å². The van der Waals surface area contributed by atoms with Crippen LogP contribution in [-0.4, -0.2) is 31.1 Å². The van der Waals surface area contributed by atoms with Crippen LogP contribution in [0.15, 0.2) is 24.3 Å².